The molecule has 0 heterocycles. The van der Waals surface area contributed by atoms with Gasteiger partial charge in [-0.1, -0.05) is 27.2 Å². The lowest BCUT2D eigenvalue weighted by Gasteiger charge is -2.56. The minimum absolute atomic E-state index is 0.0471. The number of carboxylic acids is 1. The van der Waals surface area contributed by atoms with E-state index >= 15 is 0 Å². The van der Waals surface area contributed by atoms with Crippen LogP contribution >= 0.6 is 0 Å². The third-order valence-corrected chi connectivity index (χ3v) is 5.37. The van der Waals surface area contributed by atoms with Crippen LogP contribution < -0.4 is 5.32 Å². The smallest absolute Gasteiger partial charge is 0.310 e. The van der Waals surface area contributed by atoms with Gasteiger partial charge in [0.25, 0.3) is 0 Å². The van der Waals surface area contributed by atoms with Crippen molar-refractivity contribution in [3.8, 4) is 0 Å². The highest BCUT2D eigenvalue weighted by atomic mass is 16.5. The molecule has 5 nitrogen and oxygen atoms in total. The summed E-state index contributed by atoms with van der Waals surface area (Å²) >= 11 is 0. The molecule has 0 aliphatic heterocycles. The third-order valence-electron chi connectivity index (χ3n) is 5.37. The number of amides is 1. The minimum Gasteiger partial charge on any atom is -0.481 e. The fourth-order valence-corrected chi connectivity index (χ4v) is 4.03. The molecule has 20 heavy (non-hydrogen) atoms. The molecule has 3 atom stereocenters. The number of carbonyl (C=O) groups is 2. The van der Waals surface area contributed by atoms with E-state index in [1.165, 1.54) is 0 Å². The number of aliphatic carboxylic acids is 1. The molecule has 2 fully saturated rings. The Bertz CT molecular complexity index is 414. The molecule has 0 aromatic rings. The van der Waals surface area contributed by atoms with Crippen molar-refractivity contribution < 1.29 is 19.4 Å². The number of nitrogens with one attached hydrogen (secondary N) is 1. The normalized spacial score (nSPS) is 33.7. The molecule has 1 amide bonds. The van der Waals surface area contributed by atoms with Gasteiger partial charge in [0.2, 0.25) is 5.91 Å². The summed E-state index contributed by atoms with van der Waals surface area (Å²) in [6.45, 7) is 6.20. The van der Waals surface area contributed by atoms with Gasteiger partial charge in [0.15, 0.2) is 0 Å². The number of rotatable bonds is 5. The molecule has 3 unspecified atom stereocenters. The second-order valence-corrected chi connectivity index (χ2v) is 7.00. The van der Waals surface area contributed by atoms with Crippen LogP contribution in [0.1, 0.15) is 46.5 Å². The summed E-state index contributed by atoms with van der Waals surface area (Å²) in [5.74, 6) is -0.734. The summed E-state index contributed by atoms with van der Waals surface area (Å²) in [4.78, 5) is 23.5. The summed E-state index contributed by atoms with van der Waals surface area (Å²) in [5, 5.41) is 12.3. The number of hydrogen-bond acceptors (Lipinski definition) is 3. The van der Waals surface area contributed by atoms with Crippen LogP contribution in [0.2, 0.25) is 0 Å². The van der Waals surface area contributed by atoms with Crippen LogP contribution in [-0.4, -0.2) is 36.2 Å². The Morgan fingerprint density at radius 1 is 1.35 bits per heavy atom. The number of hydrogen-bond donors (Lipinski definition) is 2. The zero-order valence-corrected chi connectivity index (χ0v) is 12.7. The van der Waals surface area contributed by atoms with Gasteiger partial charge in [0.1, 0.15) is 0 Å². The average molecular weight is 283 g/mol. The minimum atomic E-state index is -0.838. The Morgan fingerprint density at radius 2 is 1.95 bits per heavy atom. The van der Waals surface area contributed by atoms with Gasteiger partial charge >= 0.3 is 5.97 Å². The van der Waals surface area contributed by atoms with Crippen LogP contribution in [0, 0.1) is 16.7 Å². The van der Waals surface area contributed by atoms with E-state index in [4.69, 9.17) is 4.74 Å². The average Bonchev–Trinajstić information content (AvgIpc) is 2.30. The zero-order valence-electron chi connectivity index (χ0n) is 12.7. The monoisotopic (exact) mass is 283 g/mol. The molecule has 2 N–H and O–H groups in total. The molecule has 2 aliphatic carbocycles. The van der Waals surface area contributed by atoms with Crippen LogP contribution in [0.5, 0.6) is 0 Å². The number of carboxylic acid groups (broad SMARTS) is 1. The molecule has 5 heteroatoms. The predicted molar refractivity (Wildman–Crippen MR) is 74.2 cm³/mol. The molecule has 0 saturated heterocycles. The fraction of sp³-hybridized carbons (Fsp3) is 0.867. The molecule has 0 aromatic carbocycles. The van der Waals surface area contributed by atoms with E-state index in [-0.39, 0.29) is 35.8 Å². The highest BCUT2D eigenvalue weighted by Crippen LogP contribution is 2.48. The molecule has 2 saturated carbocycles. The largest absolute Gasteiger partial charge is 0.481 e. The molecule has 2 rings (SSSR count). The van der Waals surface area contributed by atoms with Crippen LogP contribution in [-0.2, 0) is 14.3 Å². The van der Waals surface area contributed by atoms with Gasteiger partial charge in [-0.2, -0.15) is 0 Å². The second kappa shape index (κ2) is 5.02. The first-order valence-electron chi connectivity index (χ1n) is 7.30. The zero-order chi connectivity index (χ0) is 15.1. The Hall–Kier alpha value is -1.10. The number of carbonyl (C=O) groups excluding carboxylic acids is 1. The fourth-order valence-electron chi connectivity index (χ4n) is 4.03. The van der Waals surface area contributed by atoms with Crippen molar-refractivity contribution in [3.63, 3.8) is 0 Å². The lowest BCUT2D eigenvalue weighted by molar-refractivity contribution is -0.163. The van der Waals surface area contributed by atoms with E-state index in [1.807, 2.05) is 0 Å². The van der Waals surface area contributed by atoms with Crippen LogP contribution in [0.4, 0.5) is 0 Å². The number of ether oxygens (including phenoxy) is 1. The molecule has 114 valence electrons. The summed E-state index contributed by atoms with van der Waals surface area (Å²) < 4.78 is 5.45. The predicted octanol–water partition coefficient (Wildman–Crippen LogP) is 1.81. The van der Waals surface area contributed by atoms with Gasteiger partial charge in [0.05, 0.1) is 11.5 Å². The van der Waals surface area contributed by atoms with E-state index in [0.717, 1.165) is 6.42 Å². The van der Waals surface area contributed by atoms with Crippen LogP contribution in [0.15, 0.2) is 0 Å². The van der Waals surface area contributed by atoms with E-state index < -0.39 is 11.4 Å². The molecule has 0 spiro atoms. The molecular formula is C15H25NO4. The lowest BCUT2D eigenvalue weighted by Crippen LogP contribution is -2.68. The maximum absolute atomic E-state index is 12.2. The Labute approximate surface area is 120 Å². The molecule has 0 aromatic heterocycles. The highest BCUT2D eigenvalue weighted by molar-refractivity contribution is 5.85. The molecule has 2 aliphatic rings. The highest BCUT2D eigenvalue weighted by Gasteiger charge is 2.55. The third kappa shape index (κ3) is 2.22. The Kier molecular flexibility index (Phi) is 3.84. The van der Waals surface area contributed by atoms with E-state index in [1.54, 1.807) is 7.11 Å². The van der Waals surface area contributed by atoms with E-state index in [2.05, 4.69) is 26.1 Å². The van der Waals surface area contributed by atoms with Crippen molar-refractivity contribution in [2.24, 2.45) is 16.7 Å². The van der Waals surface area contributed by atoms with Gasteiger partial charge in [0, 0.05) is 30.9 Å². The first-order valence-corrected chi connectivity index (χ1v) is 7.30. The van der Waals surface area contributed by atoms with Crippen molar-refractivity contribution in [1.29, 1.82) is 0 Å². The molecular weight excluding hydrogens is 258 g/mol. The van der Waals surface area contributed by atoms with E-state index in [9.17, 15) is 14.7 Å². The second-order valence-electron chi connectivity index (χ2n) is 7.00. The van der Waals surface area contributed by atoms with Gasteiger partial charge in [-0.15, -0.1) is 0 Å². The van der Waals surface area contributed by atoms with Crippen molar-refractivity contribution in [1.82, 2.24) is 5.32 Å². The topological polar surface area (TPSA) is 75.6 Å². The summed E-state index contributed by atoms with van der Waals surface area (Å²) in [7, 11) is 1.69. The molecule has 0 bridgehead atoms. The summed E-state index contributed by atoms with van der Waals surface area (Å²) in [6, 6.07) is 0.0471. The van der Waals surface area contributed by atoms with Crippen molar-refractivity contribution in [2.75, 3.05) is 7.11 Å². The first kappa shape index (κ1) is 15.3. The first-order chi connectivity index (χ1) is 9.24. The van der Waals surface area contributed by atoms with Crippen molar-refractivity contribution in [2.45, 2.75) is 58.6 Å². The van der Waals surface area contributed by atoms with Crippen molar-refractivity contribution in [3.05, 3.63) is 0 Å². The van der Waals surface area contributed by atoms with Gasteiger partial charge < -0.3 is 15.2 Å². The van der Waals surface area contributed by atoms with Gasteiger partial charge in [-0.05, 0) is 12.8 Å². The molecule has 0 radical (unpaired) electrons. The SMILES string of the molecule is COC1C(C)C(NC(=O)CC2(C(=O)O)CCC2)C1(C)C. The Morgan fingerprint density at radius 3 is 2.30 bits per heavy atom. The Balaban J connectivity index is 1.94. The van der Waals surface area contributed by atoms with Gasteiger partial charge in [-0.3, -0.25) is 9.59 Å². The summed E-state index contributed by atoms with van der Waals surface area (Å²) in [5.41, 5.74) is -0.929. The number of methoxy groups -OCH3 is 1. The maximum atomic E-state index is 12.2. The van der Waals surface area contributed by atoms with Crippen LogP contribution in [0.25, 0.3) is 0 Å². The standard InChI is InChI=1S/C15H25NO4/c1-9-11(14(2,3)12(9)20-4)16-10(17)8-15(13(18)19)6-5-7-15/h9,11-12H,5-8H2,1-4H3,(H,16,17)(H,18,19). The lowest BCUT2D eigenvalue weighted by atomic mass is 9.57. The van der Waals surface area contributed by atoms with E-state index in [0.29, 0.717) is 12.8 Å². The van der Waals surface area contributed by atoms with Crippen molar-refractivity contribution >= 4 is 11.9 Å². The van der Waals surface area contributed by atoms with Crippen LogP contribution in [0.3, 0.4) is 0 Å². The van der Waals surface area contributed by atoms with Gasteiger partial charge in [-0.25, -0.2) is 0 Å². The quantitative estimate of drug-likeness (QED) is 0.807. The maximum Gasteiger partial charge on any atom is 0.310 e. The summed E-state index contributed by atoms with van der Waals surface area (Å²) in [6.07, 6.45) is 2.35.